The van der Waals surface area contributed by atoms with Crippen LogP contribution in [-0.4, -0.2) is 26.8 Å². The summed E-state index contributed by atoms with van der Waals surface area (Å²) in [5.41, 5.74) is 14.0. The SMILES string of the molecule is C=Nc1ccccc1C(=NCc1cccc(-c2cccc(-c3nc4c(nc5ccccn54)c4ccccc34)c2)c1)c1ccc(-c2ccccc2)cc1. The summed E-state index contributed by atoms with van der Waals surface area (Å²) in [5, 5.41) is 2.17. The molecule has 9 aromatic rings. The van der Waals surface area contributed by atoms with Gasteiger partial charge in [0.25, 0.3) is 0 Å². The smallest absolute Gasteiger partial charge is 0.165 e. The fraction of sp³-hybridized carbons (Fsp3) is 0.0213. The number of fused-ring (bicyclic) bond motifs is 5. The van der Waals surface area contributed by atoms with Crippen LogP contribution in [0.2, 0.25) is 0 Å². The normalized spacial score (nSPS) is 11.7. The van der Waals surface area contributed by atoms with Gasteiger partial charge in [-0.15, -0.1) is 0 Å². The molecule has 0 amide bonds. The third kappa shape index (κ3) is 5.74. The molecule has 0 bridgehead atoms. The third-order valence-electron chi connectivity index (χ3n) is 9.57. The molecule has 5 heteroatoms. The third-order valence-corrected chi connectivity index (χ3v) is 9.57. The Morgan fingerprint density at radius 1 is 0.558 bits per heavy atom. The Kier molecular flexibility index (Phi) is 7.99. The Balaban J connectivity index is 1.08. The van der Waals surface area contributed by atoms with E-state index in [-0.39, 0.29) is 0 Å². The molecule has 0 saturated carbocycles. The maximum Gasteiger partial charge on any atom is 0.165 e. The van der Waals surface area contributed by atoms with Crippen molar-refractivity contribution in [3.63, 3.8) is 0 Å². The van der Waals surface area contributed by atoms with E-state index in [2.05, 4.69) is 144 Å². The Morgan fingerprint density at radius 2 is 1.23 bits per heavy atom. The number of hydrogen-bond donors (Lipinski definition) is 0. The highest BCUT2D eigenvalue weighted by atomic mass is 15.1. The molecule has 9 rings (SSSR count). The summed E-state index contributed by atoms with van der Waals surface area (Å²) in [5.74, 6) is 0. The van der Waals surface area contributed by atoms with Crippen LogP contribution in [0.25, 0.3) is 61.1 Å². The summed E-state index contributed by atoms with van der Waals surface area (Å²) in [4.78, 5) is 19.7. The molecule has 0 radical (unpaired) electrons. The van der Waals surface area contributed by atoms with Crippen LogP contribution >= 0.6 is 0 Å². The summed E-state index contributed by atoms with van der Waals surface area (Å²) >= 11 is 0. The monoisotopic (exact) mass is 667 g/mol. The van der Waals surface area contributed by atoms with E-state index in [0.29, 0.717) is 6.54 Å². The molecule has 0 atom stereocenters. The summed E-state index contributed by atoms with van der Waals surface area (Å²) in [6, 6.07) is 58.8. The van der Waals surface area contributed by atoms with Gasteiger partial charge in [-0.2, -0.15) is 0 Å². The molecule has 0 fully saturated rings. The molecule has 246 valence electrons. The van der Waals surface area contributed by atoms with Crippen LogP contribution < -0.4 is 0 Å². The minimum atomic E-state index is 0.506. The second-order valence-corrected chi connectivity index (χ2v) is 12.8. The van der Waals surface area contributed by atoms with Gasteiger partial charge >= 0.3 is 0 Å². The van der Waals surface area contributed by atoms with E-state index in [0.717, 1.165) is 83.6 Å². The van der Waals surface area contributed by atoms with Crippen molar-refractivity contribution in [1.29, 1.82) is 0 Å². The first-order valence-electron chi connectivity index (χ1n) is 17.4. The van der Waals surface area contributed by atoms with Gasteiger partial charge in [0, 0.05) is 33.7 Å². The summed E-state index contributed by atoms with van der Waals surface area (Å²) in [7, 11) is 0. The van der Waals surface area contributed by atoms with Crippen LogP contribution in [0.5, 0.6) is 0 Å². The van der Waals surface area contributed by atoms with Crippen LogP contribution in [0.4, 0.5) is 5.69 Å². The summed E-state index contributed by atoms with van der Waals surface area (Å²) < 4.78 is 2.06. The van der Waals surface area contributed by atoms with Gasteiger partial charge in [0.1, 0.15) is 11.2 Å². The fourth-order valence-electron chi connectivity index (χ4n) is 7.01. The average Bonchev–Trinajstić information content (AvgIpc) is 3.60. The number of rotatable bonds is 8. The zero-order chi connectivity index (χ0) is 34.9. The van der Waals surface area contributed by atoms with Gasteiger partial charge < -0.3 is 0 Å². The van der Waals surface area contributed by atoms with Crippen molar-refractivity contribution in [2.75, 3.05) is 0 Å². The van der Waals surface area contributed by atoms with E-state index < -0.39 is 0 Å². The van der Waals surface area contributed by atoms with Crippen LogP contribution in [0, 0.1) is 0 Å². The maximum absolute atomic E-state index is 5.24. The lowest BCUT2D eigenvalue weighted by molar-refractivity contribution is 1.07. The van der Waals surface area contributed by atoms with E-state index >= 15 is 0 Å². The number of aromatic nitrogens is 3. The number of benzene rings is 6. The Hall–Kier alpha value is -6.98. The number of para-hydroxylation sites is 1. The van der Waals surface area contributed by atoms with E-state index in [9.17, 15) is 0 Å². The molecule has 0 spiro atoms. The van der Waals surface area contributed by atoms with Crippen LogP contribution in [0.3, 0.4) is 0 Å². The molecule has 3 aromatic heterocycles. The Bertz CT molecular complexity index is 2780. The number of aliphatic imine (C=N–C) groups is 2. The molecule has 6 aromatic carbocycles. The topological polar surface area (TPSA) is 54.9 Å². The number of nitrogens with zero attached hydrogens (tertiary/aromatic N) is 5. The standard InChI is InChI=1S/C47H33N5/c1-48-42-22-8-7-21-41(42)44(35-26-24-34(25-27-35)33-14-3-2-4-15-33)49-31-32-13-11-16-36(29-32)37-17-12-18-38(30-37)45-39-19-5-6-20-40(39)46-47(51-45)52-28-10-9-23-43(52)50-46/h2-30H,1,31H2. The van der Waals surface area contributed by atoms with Crippen molar-refractivity contribution in [2.45, 2.75) is 6.54 Å². The molecule has 0 aliphatic carbocycles. The maximum atomic E-state index is 5.24. The average molecular weight is 668 g/mol. The quantitative estimate of drug-likeness (QED) is 0.151. The van der Waals surface area contributed by atoms with Crippen molar-refractivity contribution in [3.8, 4) is 33.5 Å². The predicted octanol–water partition coefficient (Wildman–Crippen LogP) is 11.4. The molecular formula is C47H33N5. The van der Waals surface area contributed by atoms with Crippen LogP contribution in [0.1, 0.15) is 16.7 Å². The first-order valence-corrected chi connectivity index (χ1v) is 17.4. The lowest BCUT2D eigenvalue weighted by atomic mass is 9.97. The van der Waals surface area contributed by atoms with Gasteiger partial charge in [-0.3, -0.25) is 14.4 Å². The van der Waals surface area contributed by atoms with Crippen molar-refractivity contribution >= 4 is 45.7 Å². The second kappa shape index (κ2) is 13.4. The van der Waals surface area contributed by atoms with E-state index in [1.165, 1.54) is 5.56 Å². The minimum Gasteiger partial charge on any atom is -0.284 e. The minimum absolute atomic E-state index is 0.506. The summed E-state index contributed by atoms with van der Waals surface area (Å²) in [6.07, 6.45) is 2.03. The Morgan fingerprint density at radius 3 is 2.08 bits per heavy atom. The molecular weight excluding hydrogens is 635 g/mol. The number of hydrogen-bond acceptors (Lipinski definition) is 4. The number of imidazole rings is 1. The van der Waals surface area contributed by atoms with Gasteiger partial charge in [0.2, 0.25) is 0 Å². The summed E-state index contributed by atoms with van der Waals surface area (Å²) in [6.45, 7) is 4.35. The largest absolute Gasteiger partial charge is 0.284 e. The number of pyridine rings is 2. The van der Waals surface area contributed by atoms with Gasteiger partial charge in [0.15, 0.2) is 5.65 Å². The molecule has 0 saturated heterocycles. The van der Waals surface area contributed by atoms with E-state index in [1.54, 1.807) is 0 Å². The highest BCUT2D eigenvalue weighted by molar-refractivity contribution is 6.16. The molecule has 5 nitrogen and oxygen atoms in total. The van der Waals surface area contributed by atoms with Crippen LogP contribution in [-0.2, 0) is 6.54 Å². The first-order chi connectivity index (χ1) is 25.7. The molecule has 0 unspecified atom stereocenters. The van der Waals surface area contributed by atoms with Crippen LogP contribution in [0.15, 0.2) is 186 Å². The highest BCUT2D eigenvalue weighted by Crippen LogP contribution is 2.35. The Labute approximate surface area is 302 Å². The van der Waals surface area contributed by atoms with Gasteiger partial charge in [-0.05, 0) is 64.9 Å². The van der Waals surface area contributed by atoms with Gasteiger partial charge in [-0.25, -0.2) is 9.97 Å². The fourth-order valence-corrected chi connectivity index (χ4v) is 7.01. The van der Waals surface area contributed by atoms with Crippen molar-refractivity contribution in [3.05, 3.63) is 193 Å². The van der Waals surface area contributed by atoms with E-state index in [1.807, 2.05) is 48.7 Å². The lowest BCUT2D eigenvalue weighted by Crippen LogP contribution is -2.05. The predicted molar refractivity (Wildman–Crippen MR) is 216 cm³/mol. The molecule has 0 N–H and O–H groups in total. The highest BCUT2D eigenvalue weighted by Gasteiger charge is 2.16. The zero-order valence-electron chi connectivity index (χ0n) is 28.4. The van der Waals surface area contributed by atoms with Gasteiger partial charge in [0.05, 0.1) is 23.6 Å². The molecule has 3 heterocycles. The lowest BCUT2D eigenvalue weighted by Gasteiger charge is -2.12. The van der Waals surface area contributed by atoms with Crippen molar-refractivity contribution in [1.82, 2.24) is 14.4 Å². The van der Waals surface area contributed by atoms with Crippen molar-refractivity contribution < 1.29 is 0 Å². The molecule has 0 aliphatic rings. The second-order valence-electron chi connectivity index (χ2n) is 12.8. The first kappa shape index (κ1) is 31.0. The molecule has 0 aliphatic heterocycles. The van der Waals surface area contributed by atoms with Gasteiger partial charge in [-0.1, -0.05) is 140 Å². The van der Waals surface area contributed by atoms with E-state index in [4.69, 9.17) is 15.0 Å². The zero-order valence-corrected chi connectivity index (χ0v) is 28.4. The molecule has 52 heavy (non-hydrogen) atoms. The van der Waals surface area contributed by atoms with Crippen molar-refractivity contribution in [2.24, 2.45) is 9.98 Å².